The molecule has 2 saturated heterocycles. The third kappa shape index (κ3) is 1.75. The second-order valence-corrected chi connectivity index (χ2v) is 5.02. The van der Waals surface area contributed by atoms with Crippen molar-refractivity contribution in [3.63, 3.8) is 0 Å². The summed E-state index contributed by atoms with van der Waals surface area (Å²) in [5, 5.41) is 2.91. The number of pyridine rings is 1. The van der Waals surface area contributed by atoms with Crippen LogP contribution in [0.5, 0.6) is 0 Å². The number of nitrogens with one attached hydrogen (secondary N) is 1. The molecule has 1 aromatic heterocycles. The van der Waals surface area contributed by atoms with Crippen LogP contribution in [0.4, 0.5) is 0 Å². The molecular formula is C13H15N3O2. The molecule has 1 N–H and O–H groups in total. The first kappa shape index (κ1) is 11.2. The fraction of sp³-hybridized carbons (Fsp3) is 0.462. The van der Waals surface area contributed by atoms with Gasteiger partial charge in [-0.05, 0) is 18.6 Å². The highest BCUT2D eigenvalue weighted by Crippen LogP contribution is 2.26. The summed E-state index contributed by atoms with van der Waals surface area (Å²) in [6, 6.07) is 3.84. The molecule has 5 heteroatoms. The molecule has 1 aromatic rings. The highest BCUT2D eigenvalue weighted by Gasteiger charge is 2.42. The van der Waals surface area contributed by atoms with Gasteiger partial charge >= 0.3 is 0 Å². The van der Waals surface area contributed by atoms with E-state index in [1.807, 2.05) is 19.1 Å². The summed E-state index contributed by atoms with van der Waals surface area (Å²) in [6.45, 7) is 3.14. The van der Waals surface area contributed by atoms with E-state index >= 15 is 0 Å². The molecule has 0 bridgehead atoms. The van der Waals surface area contributed by atoms with Gasteiger partial charge in [-0.1, -0.05) is 6.07 Å². The summed E-state index contributed by atoms with van der Waals surface area (Å²) < 4.78 is 0. The van der Waals surface area contributed by atoms with Crippen LogP contribution in [-0.4, -0.2) is 40.8 Å². The fourth-order valence-corrected chi connectivity index (χ4v) is 2.77. The molecule has 2 aliphatic rings. The number of hydrogen-bond donors (Lipinski definition) is 1. The van der Waals surface area contributed by atoms with Crippen molar-refractivity contribution in [2.45, 2.75) is 19.4 Å². The SMILES string of the molecule is Cc1cccnc1C(=O)N1C[C@@H]2CC(=O)N[C@@H]2C1. The molecule has 5 nitrogen and oxygen atoms in total. The number of likely N-dealkylation sites (tertiary alicyclic amines) is 1. The van der Waals surface area contributed by atoms with Crippen LogP contribution < -0.4 is 5.32 Å². The van der Waals surface area contributed by atoms with E-state index in [1.54, 1.807) is 11.1 Å². The maximum absolute atomic E-state index is 12.3. The number of aryl methyl sites for hydroxylation is 1. The lowest BCUT2D eigenvalue weighted by atomic mass is 10.1. The summed E-state index contributed by atoms with van der Waals surface area (Å²) in [5.74, 6) is 0.341. The van der Waals surface area contributed by atoms with Gasteiger partial charge in [-0.2, -0.15) is 0 Å². The zero-order valence-electron chi connectivity index (χ0n) is 10.2. The van der Waals surface area contributed by atoms with E-state index in [-0.39, 0.29) is 23.8 Å². The minimum atomic E-state index is -0.0308. The zero-order valence-corrected chi connectivity index (χ0v) is 10.2. The average molecular weight is 245 g/mol. The molecule has 0 radical (unpaired) electrons. The molecule has 2 fully saturated rings. The van der Waals surface area contributed by atoms with Gasteiger partial charge in [-0.15, -0.1) is 0 Å². The van der Waals surface area contributed by atoms with E-state index in [2.05, 4.69) is 10.3 Å². The second kappa shape index (κ2) is 4.08. The number of nitrogens with zero attached hydrogens (tertiary/aromatic N) is 2. The summed E-state index contributed by atoms with van der Waals surface area (Å²) in [7, 11) is 0. The van der Waals surface area contributed by atoms with Gasteiger partial charge in [0.1, 0.15) is 5.69 Å². The lowest BCUT2D eigenvalue weighted by molar-refractivity contribution is -0.119. The Balaban J connectivity index is 1.76. The Bertz CT molecular complexity index is 499. The Kier molecular flexibility index (Phi) is 2.54. The molecule has 94 valence electrons. The molecule has 2 amide bonds. The van der Waals surface area contributed by atoms with Gasteiger partial charge in [-0.25, -0.2) is 0 Å². The monoisotopic (exact) mass is 245 g/mol. The van der Waals surface area contributed by atoms with Crippen LogP contribution in [0.1, 0.15) is 22.5 Å². The van der Waals surface area contributed by atoms with Crippen molar-refractivity contribution in [2.75, 3.05) is 13.1 Å². The van der Waals surface area contributed by atoms with Crippen molar-refractivity contribution in [1.29, 1.82) is 0 Å². The first-order valence-corrected chi connectivity index (χ1v) is 6.15. The number of fused-ring (bicyclic) bond motifs is 1. The Morgan fingerprint density at radius 3 is 3.06 bits per heavy atom. The Morgan fingerprint density at radius 2 is 2.33 bits per heavy atom. The molecule has 0 aromatic carbocycles. The Hall–Kier alpha value is -1.91. The van der Waals surface area contributed by atoms with E-state index in [0.717, 1.165) is 5.56 Å². The van der Waals surface area contributed by atoms with E-state index in [1.165, 1.54) is 0 Å². The predicted octanol–water partition coefficient (Wildman–Crippen LogP) is 0.351. The fourth-order valence-electron chi connectivity index (χ4n) is 2.77. The van der Waals surface area contributed by atoms with E-state index < -0.39 is 0 Å². The van der Waals surface area contributed by atoms with Crippen LogP contribution in [0.15, 0.2) is 18.3 Å². The van der Waals surface area contributed by atoms with Gasteiger partial charge in [0, 0.05) is 31.6 Å². The Morgan fingerprint density at radius 1 is 1.50 bits per heavy atom. The third-order valence-corrected chi connectivity index (χ3v) is 3.73. The van der Waals surface area contributed by atoms with Crippen LogP contribution >= 0.6 is 0 Å². The van der Waals surface area contributed by atoms with Crippen molar-refractivity contribution in [1.82, 2.24) is 15.2 Å². The van der Waals surface area contributed by atoms with Gasteiger partial charge in [0.2, 0.25) is 5.91 Å². The van der Waals surface area contributed by atoms with Crippen molar-refractivity contribution in [3.05, 3.63) is 29.6 Å². The molecule has 2 aliphatic heterocycles. The standard InChI is InChI=1S/C13H15N3O2/c1-8-3-2-4-14-12(8)13(18)16-6-9-5-11(17)15-10(9)7-16/h2-4,9-10H,5-7H2,1H3,(H,15,17)/t9-,10+/m0/s1. The van der Waals surface area contributed by atoms with E-state index in [9.17, 15) is 9.59 Å². The van der Waals surface area contributed by atoms with Crippen LogP contribution in [0, 0.1) is 12.8 Å². The van der Waals surface area contributed by atoms with Gasteiger partial charge in [0.25, 0.3) is 5.91 Å². The zero-order chi connectivity index (χ0) is 12.7. The van der Waals surface area contributed by atoms with Gasteiger partial charge in [0.05, 0.1) is 6.04 Å². The molecule has 3 rings (SSSR count). The van der Waals surface area contributed by atoms with Gasteiger partial charge in [-0.3, -0.25) is 14.6 Å². The van der Waals surface area contributed by atoms with Crippen molar-refractivity contribution < 1.29 is 9.59 Å². The number of aromatic nitrogens is 1. The highest BCUT2D eigenvalue weighted by atomic mass is 16.2. The minimum absolute atomic E-state index is 0.0308. The Labute approximate surface area is 105 Å². The lowest BCUT2D eigenvalue weighted by Gasteiger charge is -2.17. The van der Waals surface area contributed by atoms with Crippen molar-refractivity contribution in [2.24, 2.45) is 5.92 Å². The number of hydrogen-bond acceptors (Lipinski definition) is 3. The topological polar surface area (TPSA) is 62.3 Å². The van der Waals surface area contributed by atoms with Crippen LogP contribution in [0.2, 0.25) is 0 Å². The maximum Gasteiger partial charge on any atom is 0.272 e. The maximum atomic E-state index is 12.3. The average Bonchev–Trinajstić information content (AvgIpc) is 2.85. The molecule has 2 atom stereocenters. The summed E-state index contributed by atoms with van der Waals surface area (Å²) >= 11 is 0. The van der Waals surface area contributed by atoms with Crippen LogP contribution in [-0.2, 0) is 4.79 Å². The lowest BCUT2D eigenvalue weighted by Crippen LogP contribution is -2.36. The van der Waals surface area contributed by atoms with Gasteiger partial charge in [0.15, 0.2) is 0 Å². The van der Waals surface area contributed by atoms with Crippen molar-refractivity contribution in [3.8, 4) is 0 Å². The van der Waals surface area contributed by atoms with Gasteiger partial charge < -0.3 is 10.2 Å². The molecule has 18 heavy (non-hydrogen) atoms. The summed E-state index contributed by atoms with van der Waals surface area (Å²) in [4.78, 5) is 29.5. The summed E-state index contributed by atoms with van der Waals surface area (Å²) in [6.07, 6.45) is 2.18. The second-order valence-electron chi connectivity index (χ2n) is 5.02. The number of rotatable bonds is 1. The highest BCUT2D eigenvalue weighted by molar-refractivity contribution is 5.94. The first-order valence-electron chi connectivity index (χ1n) is 6.15. The molecule has 0 saturated carbocycles. The molecule has 3 heterocycles. The predicted molar refractivity (Wildman–Crippen MR) is 64.9 cm³/mol. The minimum Gasteiger partial charge on any atom is -0.351 e. The number of amides is 2. The molecular weight excluding hydrogens is 230 g/mol. The molecule has 0 aliphatic carbocycles. The largest absolute Gasteiger partial charge is 0.351 e. The first-order chi connectivity index (χ1) is 8.65. The summed E-state index contributed by atoms with van der Waals surface area (Å²) in [5.41, 5.74) is 1.41. The van der Waals surface area contributed by atoms with E-state index in [0.29, 0.717) is 25.2 Å². The number of carbonyl (C=O) groups excluding carboxylic acids is 2. The van der Waals surface area contributed by atoms with Crippen LogP contribution in [0.3, 0.4) is 0 Å². The number of carbonyl (C=O) groups is 2. The third-order valence-electron chi connectivity index (χ3n) is 3.73. The normalized spacial score (nSPS) is 26.1. The molecule has 0 spiro atoms. The van der Waals surface area contributed by atoms with Crippen LogP contribution in [0.25, 0.3) is 0 Å². The molecule has 0 unspecified atom stereocenters. The van der Waals surface area contributed by atoms with Crippen molar-refractivity contribution >= 4 is 11.8 Å². The quantitative estimate of drug-likeness (QED) is 0.776. The smallest absolute Gasteiger partial charge is 0.272 e. The van der Waals surface area contributed by atoms with E-state index in [4.69, 9.17) is 0 Å².